The number of rotatable bonds is 10. The topological polar surface area (TPSA) is 127 Å². The Morgan fingerprint density at radius 1 is 1.15 bits per heavy atom. The van der Waals surface area contributed by atoms with E-state index in [1.807, 2.05) is 13.8 Å². The molecule has 13 heteroatoms. The van der Waals surface area contributed by atoms with Gasteiger partial charge in [0.05, 0.1) is 11.4 Å². The highest BCUT2D eigenvalue weighted by atomic mass is 32.2. The first-order chi connectivity index (χ1) is 16.5. The van der Waals surface area contributed by atoms with Crippen LogP contribution in [0.1, 0.15) is 25.2 Å². The van der Waals surface area contributed by atoms with Crippen LogP contribution in [-0.4, -0.2) is 58.9 Å². The number of halogens is 1. The molecule has 0 unspecified atom stereocenters. The minimum absolute atomic E-state index is 0.107. The molecular formula is C21H25FN10OS. The summed E-state index contributed by atoms with van der Waals surface area (Å²) in [6, 6.07) is 4.86. The third-order valence-electron chi connectivity index (χ3n) is 4.83. The Morgan fingerprint density at radius 3 is 2.68 bits per heavy atom. The summed E-state index contributed by atoms with van der Waals surface area (Å²) in [7, 11) is 0. The summed E-state index contributed by atoms with van der Waals surface area (Å²) in [5.41, 5.74) is 1.07. The van der Waals surface area contributed by atoms with Gasteiger partial charge < -0.3 is 20.5 Å². The number of aryl methyl sites for hydroxylation is 1. The second-order valence-electron chi connectivity index (χ2n) is 7.25. The van der Waals surface area contributed by atoms with E-state index in [9.17, 15) is 9.18 Å². The molecule has 3 aromatic heterocycles. The van der Waals surface area contributed by atoms with Crippen molar-refractivity contribution in [2.45, 2.75) is 32.5 Å². The van der Waals surface area contributed by atoms with Crippen LogP contribution < -0.4 is 16.0 Å². The maximum atomic E-state index is 14.6. The van der Waals surface area contributed by atoms with Crippen LogP contribution in [0.25, 0.3) is 11.5 Å². The number of amides is 1. The van der Waals surface area contributed by atoms with Crippen LogP contribution in [0.15, 0.2) is 35.7 Å². The zero-order chi connectivity index (χ0) is 24.1. The van der Waals surface area contributed by atoms with Crippen molar-refractivity contribution < 1.29 is 9.18 Å². The smallest absolute Gasteiger partial charge is 0.261 e. The molecule has 3 N–H and O–H groups in total. The molecule has 0 aliphatic rings. The number of imidazole rings is 1. The molecule has 0 aliphatic heterocycles. The number of fused-ring (bicyclic) bond motifs is 1. The molecule has 0 aliphatic carbocycles. The number of aromatic nitrogens is 7. The number of nitrogens with one attached hydrogen (secondary N) is 3. The Morgan fingerprint density at radius 2 is 1.97 bits per heavy atom. The normalized spacial score (nSPS) is 11.1. The minimum atomic E-state index is -0.384. The molecule has 178 valence electrons. The summed E-state index contributed by atoms with van der Waals surface area (Å²) in [5.74, 6) is 1.58. The van der Waals surface area contributed by atoms with Crippen LogP contribution in [0.5, 0.6) is 0 Å². The van der Waals surface area contributed by atoms with Crippen molar-refractivity contribution >= 4 is 35.3 Å². The Hall–Kier alpha value is -3.74. The van der Waals surface area contributed by atoms with E-state index in [2.05, 4.69) is 41.1 Å². The number of anilines is 2. The molecule has 0 saturated carbocycles. The highest BCUT2D eigenvalue weighted by Gasteiger charge is 2.16. The molecule has 0 spiro atoms. The van der Waals surface area contributed by atoms with Crippen molar-refractivity contribution in [1.82, 2.24) is 39.4 Å². The van der Waals surface area contributed by atoms with E-state index < -0.39 is 0 Å². The van der Waals surface area contributed by atoms with E-state index in [-0.39, 0.29) is 24.0 Å². The number of thioether (sulfide) groups is 1. The molecule has 0 saturated heterocycles. The van der Waals surface area contributed by atoms with Crippen LogP contribution >= 0.6 is 11.8 Å². The first-order valence-electron chi connectivity index (χ1n) is 10.8. The predicted molar refractivity (Wildman–Crippen MR) is 128 cm³/mol. The summed E-state index contributed by atoms with van der Waals surface area (Å²) in [4.78, 5) is 25.3. The number of hydrogen-bond donors (Lipinski definition) is 3. The van der Waals surface area contributed by atoms with Crippen LogP contribution in [0, 0.1) is 12.7 Å². The molecule has 34 heavy (non-hydrogen) atoms. The van der Waals surface area contributed by atoms with Gasteiger partial charge in [-0.05, 0) is 38.5 Å². The lowest BCUT2D eigenvalue weighted by Crippen LogP contribution is -2.24. The molecule has 4 aromatic rings. The maximum Gasteiger partial charge on any atom is 0.261 e. The molecule has 4 rings (SSSR count). The molecule has 3 heterocycles. The van der Waals surface area contributed by atoms with E-state index in [0.717, 1.165) is 0 Å². The van der Waals surface area contributed by atoms with Gasteiger partial charge in [0.2, 0.25) is 17.8 Å². The van der Waals surface area contributed by atoms with Crippen molar-refractivity contribution in [2.24, 2.45) is 0 Å². The summed E-state index contributed by atoms with van der Waals surface area (Å²) >= 11 is 1.22. The molecule has 1 amide bonds. The van der Waals surface area contributed by atoms with Gasteiger partial charge in [-0.2, -0.15) is 9.97 Å². The van der Waals surface area contributed by atoms with Crippen molar-refractivity contribution in [3.8, 4) is 5.69 Å². The molecule has 11 nitrogen and oxygen atoms in total. The monoisotopic (exact) mass is 484 g/mol. The quantitative estimate of drug-likeness (QED) is 0.291. The van der Waals surface area contributed by atoms with Crippen LogP contribution in [0.2, 0.25) is 0 Å². The van der Waals surface area contributed by atoms with Gasteiger partial charge in [0, 0.05) is 32.0 Å². The first-order valence-corrected chi connectivity index (χ1v) is 11.8. The largest absolute Gasteiger partial charge is 0.355 e. The number of hydrogen-bond acceptors (Lipinski definition) is 9. The third-order valence-corrected chi connectivity index (χ3v) is 5.76. The number of carbonyl (C=O) groups is 1. The second-order valence-corrected chi connectivity index (χ2v) is 8.19. The predicted octanol–water partition coefficient (Wildman–Crippen LogP) is 2.42. The summed E-state index contributed by atoms with van der Waals surface area (Å²) in [5, 5.41) is 17.8. The molecule has 1 aromatic carbocycles. The lowest BCUT2D eigenvalue weighted by Gasteiger charge is -2.10. The third kappa shape index (κ3) is 5.09. The van der Waals surface area contributed by atoms with Crippen LogP contribution in [0.3, 0.4) is 0 Å². The van der Waals surface area contributed by atoms with Crippen LogP contribution in [-0.2, 0) is 11.3 Å². The Kier molecular flexibility index (Phi) is 7.21. The average Bonchev–Trinajstić information content (AvgIpc) is 3.43. The number of nitrogens with zero attached hydrogens (tertiary/aromatic N) is 7. The zero-order valence-electron chi connectivity index (χ0n) is 19.0. The minimum Gasteiger partial charge on any atom is -0.355 e. The Bertz CT molecular complexity index is 1300. The summed E-state index contributed by atoms with van der Waals surface area (Å²) in [6.07, 6.45) is 3.32. The zero-order valence-corrected chi connectivity index (χ0v) is 19.9. The van der Waals surface area contributed by atoms with Gasteiger partial charge in [-0.25, -0.2) is 13.8 Å². The van der Waals surface area contributed by atoms with Gasteiger partial charge in [-0.3, -0.25) is 4.79 Å². The molecular weight excluding hydrogens is 459 g/mol. The molecule has 0 atom stereocenters. The fourth-order valence-electron chi connectivity index (χ4n) is 3.27. The second kappa shape index (κ2) is 10.5. The van der Waals surface area contributed by atoms with E-state index in [4.69, 9.17) is 0 Å². The summed E-state index contributed by atoms with van der Waals surface area (Å²) in [6.45, 7) is 7.24. The standard InChI is InChI=1S/C21H25FN10OS/c1-4-23-18-27-19(24-5-2)32-20(28-18)29-30-21(32)34-12-17(33)26-11-14-6-7-16(15(22)10-14)31-9-8-25-13(31)3/h6-10H,4-5,11-12H2,1-3H3,(H,26,33)(H2,23,24,27,28,29). The van der Waals surface area contributed by atoms with Crippen molar-refractivity contribution in [3.63, 3.8) is 0 Å². The lowest BCUT2D eigenvalue weighted by atomic mass is 10.2. The van der Waals surface area contributed by atoms with Crippen LogP contribution in [0.4, 0.5) is 16.3 Å². The fourth-order valence-corrected chi connectivity index (χ4v) is 4.03. The summed E-state index contributed by atoms with van der Waals surface area (Å²) < 4.78 is 17.9. The fraction of sp³-hybridized carbons (Fsp3) is 0.333. The van der Waals surface area contributed by atoms with E-state index in [0.29, 0.717) is 53.0 Å². The van der Waals surface area contributed by atoms with Crippen molar-refractivity contribution in [3.05, 3.63) is 47.8 Å². The van der Waals surface area contributed by atoms with Crippen molar-refractivity contribution in [1.29, 1.82) is 0 Å². The van der Waals surface area contributed by atoms with Gasteiger partial charge in [-0.1, -0.05) is 17.8 Å². The average molecular weight is 485 g/mol. The highest BCUT2D eigenvalue weighted by Crippen LogP contribution is 2.21. The van der Waals surface area contributed by atoms with E-state index >= 15 is 0 Å². The van der Waals surface area contributed by atoms with E-state index in [1.54, 1.807) is 40.4 Å². The Balaban J connectivity index is 1.39. The number of carbonyl (C=O) groups excluding carboxylic acids is 1. The Labute approximate surface area is 199 Å². The van der Waals surface area contributed by atoms with Gasteiger partial charge in [-0.15, -0.1) is 10.2 Å². The molecule has 0 radical (unpaired) electrons. The molecule has 0 bridgehead atoms. The van der Waals surface area contributed by atoms with Gasteiger partial charge >= 0.3 is 0 Å². The molecule has 0 fully saturated rings. The maximum absolute atomic E-state index is 14.6. The number of benzene rings is 1. The van der Waals surface area contributed by atoms with Gasteiger partial charge in [0.15, 0.2) is 5.16 Å². The van der Waals surface area contributed by atoms with E-state index in [1.165, 1.54) is 17.8 Å². The highest BCUT2D eigenvalue weighted by molar-refractivity contribution is 7.99. The van der Waals surface area contributed by atoms with Gasteiger partial charge in [0.25, 0.3) is 5.78 Å². The first kappa shape index (κ1) is 23.4. The van der Waals surface area contributed by atoms with Gasteiger partial charge in [0.1, 0.15) is 11.6 Å². The SMILES string of the molecule is CCNc1nc(NCC)n2c(SCC(=O)NCc3ccc(-n4ccnc4C)c(F)c3)nnc2n1. The van der Waals surface area contributed by atoms with Crippen molar-refractivity contribution in [2.75, 3.05) is 29.5 Å². The lowest BCUT2D eigenvalue weighted by molar-refractivity contribution is -0.118.